The Labute approximate surface area is 134 Å². The molecule has 0 unspecified atom stereocenters. The SMILES string of the molecule is COc1ccc(CCNCc2ccccc2)c(CI)c1. The number of benzene rings is 2. The van der Waals surface area contributed by atoms with Crippen molar-refractivity contribution in [3.05, 3.63) is 65.2 Å². The van der Waals surface area contributed by atoms with Crippen LogP contribution < -0.4 is 10.1 Å². The van der Waals surface area contributed by atoms with E-state index in [1.165, 1.54) is 16.7 Å². The maximum atomic E-state index is 5.28. The summed E-state index contributed by atoms with van der Waals surface area (Å²) in [5.41, 5.74) is 4.10. The van der Waals surface area contributed by atoms with E-state index in [0.29, 0.717) is 0 Å². The number of ether oxygens (including phenoxy) is 1. The lowest BCUT2D eigenvalue weighted by molar-refractivity contribution is 0.414. The molecule has 0 aromatic heterocycles. The summed E-state index contributed by atoms with van der Waals surface area (Å²) < 4.78 is 6.29. The van der Waals surface area contributed by atoms with Gasteiger partial charge < -0.3 is 10.1 Å². The minimum absolute atomic E-state index is 0.927. The summed E-state index contributed by atoms with van der Waals surface area (Å²) in [5, 5.41) is 3.50. The van der Waals surface area contributed by atoms with Crippen molar-refractivity contribution >= 4 is 22.6 Å². The summed E-state index contributed by atoms with van der Waals surface area (Å²) in [5.74, 6) is 0.942. The first-order valence-electron chi connectivity index (χ1n) is 6.80. The van der Waals surface area contributed by atoms with Crippen LogP contribution in [0.3, 0.4) is 0 Å². The van der Waals surface area contributed by atoms with E-state index >= 15 is 0 Å². The minimum Gasteiger partial charge on any atom is -0.497 e. The molecule has 0 bridgehead atoms. The third-order valence-corrected chi connectivity index (χ3v) is 4.12. The van der Waals surface area contributed by atoms with Gasteiger partial charge in [-0.3, -0.25) is 0 Å². The fraction of sp³-hybridized carbons (Fsp3) is 0.294. The zero-order valence-corrected chi connectivity index (χ0v) is 13.9. The Hall–Kier alpha value is -1.07. The number of rotatable bonds is 7. The lowest BCUT2D eigenvalue weighted by Crippen LogP contribution is -2.17. The third kappa shape index (κ3) is 4.49. The summed E-state index contributed by atoms with van der Waals surface area (Å²) in [6.45, 7) is 1.92. The van der Waals surface area contributed by atoms with Gasteiger partial charge in [0.2, 0.25) is 0 Å². The molecule has 0 radical (unpaired) electrons. The Morgan fingerprint density at radius 2 is 1.85 bits per heavy atom. The first-order chi connectivity index (χ1) is 9.83. The van der Waals surface area contributed by atoms with Crippen LogP contribution in [0.25, 0.3) is 0 Å². The van der Waals surface area contributed by atoms with Crippen LogP contribution >= 0.6 is 22.6 Å². The van der Waals surface area contributed by atoms with Gasteiger partial charge in [0.15, 0.2) is 0 Å². The van der Waals surface area contributed by atoms with Crippen LogP contribution in [-0.4, -0.2) is 13.7 Å². The molecule has 0 spiro atoms. The van der Waals surface area contributed by atoms with Crippen LogP contribution in [0.2, 0.25) is 0 Å². The van der Waals surface area contributed by atoms with Gasteiger partial charge in [-0.2, -0.15) is 0 Å². The maximum Gasteiger partial charge on any atom is 0.119 e. The molecule has 0 aliphatic carbocycles. The normalized spacial score (nSPS) is 10.5. The predicted molar refractivity (Wildman–Crippen MR) is 92.6 cm³/mol. The van der Waals surface area contributed by atoms with E-state index in [1.807, 2.05) is 12.1 Å². The van der Waals surface area contributed by atoms with E-state index in [4.69, 9.17) is 4.74 Å². The lowest BCUT2D eigenvalue weighted by Gasteiger charge is -2.10. The molecule has 0 heterocycles. The Morgan fingerprint density at radius 3 is 2.55 bits per heavy atom. The molecule has 0 saturated carbocycles. The molecule has 0 aliphatic heterocycles. The molecule has 20 heavy (non-hydrogen) atoms. The number of alkyl halides is 1. The molecule has 0 saturated heterocycles. The molecule has 0 atom stereocenters. The standard InChI is InChI=1S/C17H20INO/c1-20-17-8-7-15(16(11-17)12-18)9-10-19-13-14-5-3-2-4-6-14/h2-8,11,19H,9-10,12-13H2,1H3. The van der Waals surface area contributed by atoms with Crippen molar-refractivity contribution in [3.8, 4) is 5.75 Å². The second-order valence-corrected chi connectivity index (χ2v) is 5.44. The Bertz CT molecular complexity index is 528. The fourth-order valence-corrected chi connectivity index (χ4v) is 2.86. The lowest BCUT2D eigenvalue weighted by atomic mass is 10.1. The van der Waals surface area contributed by atoms with Crippen LogP contribution in [0.4, 0.5) is 0 Å². The summed E-state index contributed by atoms with van der Waals surface area (Å²) in [4.78, 5) is 0. The Morgan fingerprint density at radius 1 is 1.05 bits per heavy atom. The van der Waals surface area contributed by atoms with Crippen molar-refractivity contribution in [2.75, 3.05) is 13.7 Å². The van der Waals surface area contributed by atoms with Crippen LogP contribution in [0.1, 0.15) is 16.7 Å². The molecule has 106 valence electrons. The van der Waals surface area contributed by atoms with Crippen molar-refractivity contribution in [2.45, 2.75) is 17.4 Å². The Balaban J connectivity index is 1.85. The van der Waals surface area contributed by atoms with Gasteiger partial charge in [0.1, 0.15) is 5.75 Å². The minimum atomic E-state index is 0.927. The first kappa shape index (κ1) is 15.3. The van der Waals surface area contributed by atoms with E-state index in [0.717, 1.165) is 29.7 Å². The van der Waals surface area contributed by atoms with Crippen molar-refractivity contribution < 1.29 is 4.74 Å². The molecule has 2 aromatic carbocycles. The van der Waals surface area contributed by atoms with E-state index < -0.39 is 0 Å². The molecular weight excluding hydrogens is 361 g/mol. The highest BCUT2D eigenvalue weighted by atomic mass is 127. The van der Waals surface area contributed by atoms with Gasteiger partial charge in [0.05, 0.1) is 7.11 Å². The fourth-order valence-electron chi connectivity index (χ4n) is 2.15. The van der Waals surface area contributed by atoms with Gasteiger partial charge in [0.25, 0.3) is 0 Å². The van der Waals surface area contributed by atoms with Crippen molar-refractivity contribution in [2.24, 2.45) is 0 Å². The number of nitrogens with one attached hydrogen (secondary N) is 1. The van der Waals surface area contributed by atoms with Crippen LogP contribution in [0.5, 0.6) is 5.75 Å². The summed E-state index contributed by atoms with van der Waals surface area (Å²) >= 11 is 2.41. The molecule has 2 aromatic rings. The predicted octanol–water partition coefficient (Wildman–Crippen LogP) is 3.96. The molecule has 0 fully saturated rings. The summed E-state index contributed by atoms with van der Waals surface area (Å²) in [6.07, 6.45) is 1.05. The number of halogens is 1. The van der Waals surface area contributed by atoms with Crippen LogP contribution in [0.15, 0.2) is 48.5 Å². The highest BCUT2D eigenvalue weighted by Crippen LogP contribution is 2.20. The monoisotopic (exact) mass is 381 g/mol. The maximum absolute atomic E-state index is 5.28. The van der Waals surface area contributed by atoms with E-state index in [-0.39, 0.29) is 0 Å². The zero-order valence-electron chi connectivity index (χ0n) is 11.7. The largest absolute Gasteiger partial charge is 0.497 e. The molecule has 3 heteroatoms. The topological polar surface area (TPSA) is 21.3 Å². The number of hydrogen-bond acceptors (Lipinski definition) is 2. The summed E-state index contributed by atoms with van der Waals surface area (Å²) in [6, 6.07) is 16.9. The smallest absolute Gasteiger partial charge is 0.119 e. The van der Waals surface area contributed by atoms with Gasteiger partial charge in [0, 0.05) is 11.0 Å². The zero-order chi connectivity index (χ0) is 14.2. The average molecular weight is 381 g/mol. The quantitative estimate of drug-likeness (QED) is 0.445. The number of hydrogen-bond donors (Lipinski definition) is 1. The Kier molecular flexibility index (Phi) is 6.33. The summed E-state index contributed by atoms with van der Waals surface area (Å²) in [7, 11) is 1.72. The molecule has 2 nitrogen and oxygen atoms in total. The van der Waals surface area contributed by atoms with Gasteiger partial charge in [-0.1, -0.05) is 59.0 Å². The molecular formula is C17H20INO. The van der Waals surface area contributed by atoms with Crippen molar-refractivity contribution in [1.82, 2.24) is 5.32 Å². The second-order valence-electron chi connectivity index (χ2n) is 4.68. The van der Waals surface area contributed by atoms with Gasteiger partial charge >= 0.3 is 0 Å². The van der Waals surface area contributed by atoms with Crippen LogP contribution in [-0.2, 0) is 17.4 Å². The highest BCUT2D eigenvalue weighted by Gasteiger charge is 2.03. The third-order valence-electron chi connectivity index (χ3n) is 3.30. The van der Waals surface area contributed by atoms with Crippen molar-refractivity contribution in [3.63, 3.8) is 0 Å². The van der Waals surface area contributed by atoms with Gasteiger partial charge in [-0.25, -0.2) is 0 Å². The molecule has 2 rings (SSSR count). The van der Waals surface area contributed by atoms with E-state index in [9.17, 15) is 0 Å². The van der Waals surface area contributed by atoms with Crippen LogP contribution in [0, 0.1) is 0 Å². The van der Waals surface area contributed by atoms with Gasteiger partial charge in [-0.15, -0.1) is 0 Å². The highest BCUT2D eigenvalue weighted by molar-refractivity contribution is 14.1. The van der Waals surface area contributed by atoms with Crippen molar-refractivity contribution in [1.29, 1.82) is 0 Å². The van der Waals surface area contributed by atoms with E-state index in [2.05, 4.69) is 64.3 Å². The average Bonchev–Trinajstić information content (AvgIpc) is 2.52. The molecule has 0 amide bonds. The molecule has 0 aliphatic rings. The number of methoxy groups -OCH3 is 1. The first-order valence-corrected chi connectivity index (χ1v) is 8.32. The van der Waals surface area contributed by atoms with E-state index in [1.54, 1.807) is 7.11 Å². The second kappa shape index (κ2) is 8.27. The van der Waals surface area contributed by atoms with Gasteiger partial charge in [-0.05, 0) is 41.8 Å². The molecule has 1 N–H and O–H groups in total.